The zero-order valence-corrected chi connectivity index (χ0v) is 12.1. The van der Waals surface area contributed by atoms with Crippen molar-refractivity contribution in [1.82, 2.24) is 5.32 Å². The summed E-state index contributed by atoms with van der Waals surface area (Å²) in [6, 6.07) is 15.1. The van der Waals surface area contributed by atoms with E-state index in [1.165, 1.54) is 0 Å². The second-order valence-corrected chi connectivity index (χ2v) is 4.90. The van der Waals surface area contributed by atoms with Gasteiger partial charge >= 0.3 is 0 Å². The van der Waals surface area contributed by atoms with Gasteiger partial charge in [-0.05, 0) is 18.7 Å². The number of rotatable bonds is 6. The van der Waals surface area contributed by atoms with Gasteiger partial charge in [-0.1, -0.05) is 54.1 Å². The van der Waals surface area contributed by atoms with E-state index in [0.29, 0.717) is 17.3 Å². The molecule has 0 bridgehead atoms. The van der Waals surface area contributed by atoms with Gasteiger partial charge < -0.3 is 15.2 Å². The molecule has 1 unspecified atom stereocenters. The molecule has 4 heteroatoms. The van der Waals surface area contributed by atoms with Crippen molar-refractivity contribution in [2.24, 2.45) is 0 Å². The Morgan fingerprint density at radius 3 is 2.60 bits per heavy atom. The van der Waals surface area contributed by atoms with Gasteiger partial charge in [0.05, 0.1) is 5.02 Å². The number of hydrogen-bond acceptors (Lipinski definition) is 3. The smallest absolute Gasteiger partial charge is 0.142 e. The van der Waals surface area contributed by atoms with E-state index in [1.54, 1.807) is 6.07 Å². The van der Waals surface area contributed by atoms with E-state index in [9.17, 15) is 5.11 Å². The van der Waals surface area contributed by atoms with E-state index in [1.807, 2.05) is 49.5 Å². The number of hydrogen-bond donors (Lipinski definition) is 2. The van der Waals surface area contributed by atoms with Crippen LogP contribution in [-0.2, 0) is 6.54 Å². The fourth-order valence-corrected chi connectivity index (χ4v) is 2.23. The Morgan fingerprint density at radius 1 is 1.15 bits per heavy atom. The SMILES string of the molecule is CNCc1cccc(Cl)c1OCC(O)c1ccccc1. The molecule has 2 N–H and O–H groups in total. The summed E-state index contributed by atoms with van der Waals surface area (Å²) in [4.78, 5) is 0. The second-order valence-electron chi connectivity index (χ2n) is 4.50. The zero-order valence-electron chi connectivity index (χ0n) is 11.3. The average molecular weight is 292 g/mol. The summed E-state index contributed by atoms with van der Waals surface area (Å²) < 4.78 is 5.71. The van der Waals surface area contributed by atoms with Crippen molar-refractivity contribution in [2.45, 2.75) is 12.6 Å². The van der Waals surface area contributed by atoms with E-state index in [0.717, 1.165) is 11.1 Å². The van der Waals surface area contributed by atoms with Crippen LogP contribution in [-0.4, -0.2) is 18.8 Å². The predicted octanol–water partition coefficient (Wildman–Crippen LogP) is 3.17. The Labute approximate surface area is 124 Å². The van der Waals surface area contributed by atoms with Crippen molar-refractivity contribution in [3.8, 4) is 5.75 Å². The molecule has 0 aromatic heterocycles. The molecular formula is C16H18ClNO2. The summed E-state index contributed by atoms with van der Waals surface area (Å²) in [5.74, 6) is 0.624. The van der Waals surface area contributed by atoms with Gasteiger partial charge in [-0.25, -0.2) is 0 Å². The summed E-state index contributed by atoms with van der Waals surface area (Å²) in [6.07, 6.45) is -0.671. The van der Waals surface area contributed by atoms with Crippen LogP contribution in [0, 0.1) is 0 Å². The topological polar surface area (TPSA) is 41.5 Å². The Balaban J connectivity index is 2.07. The van der Waals surface area contributed by atoms with Crippen LogP contribution in [0.4, 0.5) is 0 Å². The summed E-state index contributed by atoms with van der Waals surface area (Å²) in [6.45, 7) is 0.835. The van der Waals surface area contributed by atoms with Crippen LogP contribution in [0.25, 0.3) is 0 Å². The lowest BCUT2D eigenvalue weighted by Crippen LogP contribution is -2.12. The van der Waals surface area contributed by atoms with Crippen LogP contribution in [0.2, 0.25) is 5.02 Å². The lowest BCUT2D eigenvalue weighted by Gasteiger charge is -2.16. The van der Waals surface area contributed by atoms with Crippen molar-refractivity contribution >= 4 is 11.6 Å². The molecule has 2 aromatic carbocycles. The maximum Gasteiger partial charge on any atom is 0.142 e. The lowest BCUT2D eigenvalue weighted by atomic mass is 10.1. The highest BCUT2D eigenvalue weighted by Crippen LogP contribution is 2.29. The van der Waals surface area contributed by atoms with Crippen molar-refractivity contribution in [3.63, 3.8) is 0 Å². The van der Waals surface area contributed by atoms with E-state index < -0.39 is 6.10 Å². The highest BCUT2D eigenvalue weighted by molar-refractivity contribution is 6.32. The third kappa shape index (κ3) is 3.73. The van der Waals surface area contributed by atoms with E-state index >= 15 is 0 Å². The van der Waals surface area contributed by atoms with Crippen LogP contribution in [0.15, 0.2) is 48.5 Å². The fraction of sp³-hybridized carbons (Fsp3) is 0.250. The van der Waals surface area contributed by atoms with E-state index in [-0.39, 0.29) is 6.61 Å². The molecule has 0 spiro atoms. The molecular weight excluding hydrogens is 274 g/mol. The molecule has 0 aliphatic heterocycles. The van der Waals surface area contributed by atoms with Gasteiger partial charge in [-0.3, -0.25) is 0 Å². The highest BCUT2D eigenvalue weighted by atomic mass is 35.5. The standard InChI is InChI=1S/C16H18ClNO2/c1-18-10-13-8-5-9-14(17)16(13)20-11-15(19)12-6-3-2-4-7-12/h2-9,15,18-19H,10-11H2,1H3. The fourth-order valence-electron chi connectivity index (χ4n) is 1.98. The summed E-state index contributed by atoms with van der Waals surface area (Å²) in [5, 5.41) is 13.7. The molecule has 2 rings (SSSR count). The molecule has 0 saturated carbocycles. The first-order valence-electron chi connectivity index (χ1n) is 6.50. The Bertz CT molecular complexity index is 545. The molecule has 0 fully saturated rings. The minimum Gasteiger partial charge on any atom is -0.489 e. The molecule has 20 heavy (non-hydrogen) atoms. The maximum atomic E-state index is 10.1. The van der Waals surface area contributed by atoms with Crippen molar-refractivity contribution in [3.05, 3.63) is 64.7 Å². The van der Waals surface area contributed by atoms with Gasteiger partial charge in [0, 0.05) is 12.1 Å². The molecule has 106 valence electrons. The molecule has 0 amide bonds. The van der Waals surface area contributed by atoms with E-state index in [4.69, 9.17) is 16.3 Å². The van der Waals surface area contributed by atoms with Crippen LogP contribution < -0.4 is 10.1 Å². The number of aliphatic hydroxyl groups is 1. The summed E-state index contributed by atoms with van der Waals surface area (Å²) >= 11 is 6.16. The van der Waals surface area contributed by atoms with Gasteiger partial charge in [-0.2, -0.15) is 0 Å². The average Bonchev–Trinajstić information content (AvgIpc) is 2.47. The molecule has 0 heterocycles. The monoisotopic (exact) mass is 291 g/mol. The molecule has 1 atom stereocenters. The van der Waals surface area contributed by atoms with Crippen molar-refractivity contribution in [1.29, 1.82) is 0 Å². The third-order valence-electron chi connectivity index (χ3n) is 2.99. The molecule has 2 aromatic rings. The van der Waals surface area contributed by atoms with E-state index in [2.05, 4.69) is 5.32 Å². The van der Waals surface area contributed by atoms with Crippen LogP contribution >= 0.6 is 11.6 Å². The van der Waals surface area contributed by atoms with Gasteiger partial charge in [0.1, 0.15) is 18.5 Å². The van der Waals surface area contributed by atoms with Crippen LogP contribution in [0.3, 0.4) is 0 Å². The largest absolute Gasteiger partial charge is 0.489 e. The normalized spacial score (nSPS) is 12.2. The third-order valence-corrected chi connectivity index (χ3v) is 3.28. The Hall–Kier alpha value is -1.55. The second kappa shape index (κ2) is 7.29. The number of aliphatic hydroxyl groups excluding tert-OH is 1. The van der Waals surface area contributed by atoms with Gasteiger partial charge in [0.25, 0.3) is 0 Å². The molecule has 0 aliphatic rings. The quantitative estimate of drug-likeness (QED) is 0.859. The van der Waals surface area contributed by atoms with Gasteiger partial charge in [0.2, 0.25) is 0 Å². The van der Waals surface area contributed by atoms with Crippen LogP contribution in [0.5, 0.6) is 5.75 Å². The molecule has 0 saturated heterocycles. The van der Waals surface area contributed by atoms with Crippen molar-refractivity contribution in [2.75, 3.05) is 13.7 Å². The van der Waals surface area contributed by atoms with Gasteiger partial charge in [-0.15, -0.1) is 0 Å². The zero-order chi connectivity index (χ0) is 14.4. The summed E-state index contributed by atoms with van der Waals surface area (Å²) in [5.41, 5.74) is 1.80. The number of ether oxygens (including phenoxy) is 1. The number of para-hydroxylation sites is 1. The van der Waals surface area contributed by atoms with Gasteiger partial charge in [0.15, 0.2) is 0 Å². The van der Waals surface area contributed by atoms with Crippen LogP contribution in [0.1, 0.15) is 17.2 Å². The highest BCUT2D eigenvalue weighted by Gasteiger charge is 2.12. The summed E-state index contributed by atoms with van der Waals surface area (Å²) in [7, 11) is 1.86. The number of benzene rings is 2. The first-order chi connectivity index (χ1) is 9.72. The first kappa shape index (κ1) is 14.9. The Kier molecular flexibility index (Phi) is 5.41. The maximum absolute atomic E-state index is 10.1. The van der Waals surface area contributed by atoms with Crippen molar-refractivity contribution < 1.29 is 9.84 Å². The Morgan fingerprint density at radius 2 is 1.90 bits per heavy atom. The molecule has 0 radical (unpaired) electrons. The molecule has 3 nitrogen and oxygen atoms in total. The first-order valence-corrected chi connectivity index (χ1v) is 6.88. The molecule has 0 aliphatic carbocycles. The number of nitrogens with one attached hydrogen (secondary N) is 1. The predicted molar refractivity (Wildman–Crippen MR) is 81.1 cm³/mol. The minimum absolute atomic E-state index is 0.171. The minimum atomic E-state index is -0.671. The number of halogens is 1. The lowest BCUT2D eigenvalue weighted by molar-refractivity contribution is 0.107.